The Hall–Kier alpha value is -6.02. The van der Waals surface area contributed by atoms with E-state index in [-0.39, 0.29) is 46.3 Å². The fraction of sp³-hybridized carbons (Fsp3) is 0.365. The van der Waals surface area contributed by atoms with Crippen LogP contribution in [0.4, 0.5) is 0 Å². The molecule has 10 rings (SSSR count). The van der Waals surface area contributed by atoms with E-state index in [4.69, 9.17) is 24.6 Å². The molecule has 8 heterocycles. The third-order valence-electron chi connectivity index (χ3n) is 16.8. The highest BCUT2D eigenvalue weighted by atomic mass is 79.9. The summed E-state index contributed by atoms with van der Waals surface area (Å²) in [5.74, 6) is 0. The number of hydrogen-bond acceptors (Lipinski definition) is 4. The highest BCUT2D eigenvalue weighted by Gasteiger charge is 2.44. The van der Waals surface area contributed by atoms with Gasteiger partial charge in [-0.05, 0) is 59.6 Å². The first-order valence-corrected chi connectivity index (χ1v) is 38.1. The van der Waals surface area contributed by atoms with Crippen molar-refractivity contribution in [2.24, 2.45) is 14.1 Å². The zero-order chi connectivity index (χ0) is 64.5. The molecule has 0 unspecified atom stereocenters. The van der Waals surface area contributed by atoms with Crippen LogP contribution in [0.3, 0.4) is 0 Å². The largest absolute Gasteiger partial charge is 1.00 e. The molecular formula is C74H96Br2N7O7P3+4. The van der Waals surface area contributed by atoms with Gasteiger partial charge in [0.05, 0.1) is 22.5 Å². The Morgan fingerprint density at radius 3 is 1.12 bits per heavy atom. The summed E-state index contributed by atoms with van der Waals surface area (Å²) in [4.78, 5) is 40.4. The molecule has 4 N–H and O–H groups in total. The first-order valence-electron chi connectivity index (χ1n) is 32.8. The standard InChI is InChI=1S/C32H46N3O3P.C24H29N2O3P.C18H17N2OP.2BrH/c1-2-3-4-5-6-9-12-22-35-25-19-30(20-26-35)32-16-15-31(28-33-32)29-17-23-34(24-18-29)21-13-10-7-8-11-14-27-39(36,37)38;1-2-3-4-14-25-16-10-23(11-17-25)21-6-8-22(9-7-21)24-12-18-26(19-13-24)15-5-20-30(27,28)29;1-19-10-8-15-16-9-11-20(2)13-18(16)22(21,17(15)12-19)14-6-4-3-5-7-14;;/h15-20,23-26,28H,2-14,21-22,27H2,1H3;6-13,16-19H,2-5,14-15,20H2,1H3;3-13H,1-2H3;2*1H/q;;+2;;/p+2. The second-order valence-electron chi connectivity index (χ2n) is 24.2. The highest BCUT2D eigenvalue weighted by molar-refractivity contribution is 7.86. The van der Waals surface area contributed by atoms with Gasteiger partial charge in [-0.25, -0.2) is 27.4 Å². The number of aromatic nitrogens is 7. The van der Waals surface area contributed by atoms with E-state index in [1.807, 2.05) is 114 Å². The highest BCUT2D eigenvalue weighted by Crippen LogP contribution is 2.51. The lowest BCUT2D eigenvalue weighted by Crippen LogP contribution is -3.00. The minimum atomic E-state index is -3.91. The summed E-state index contributed by atoms with van der Waals surface area (Å²) < 4.78 is 48.6. The van der Waals surface area contributed by atoms with Crippen LogP contribution in [0.25, 0.3) is 55.8 Å². The summed E-state index contributed by atoms with van der Waals surface area (Å²) in [5, 5.41) is 2.77. The lowest BCUT2D eigenvalue weighted by atomic mass is 10.0. The molecule has 0 bridgehead atoms. The molecule has 0 saturated carbocycles. The number of pyridine rings is 7. The van der Waals surface area contributed by atoms with Crippen LogP contribution in [0.15, 0.2) is 208 Å². The Labute approximate surface area is 573 Å². The topological polar surface area (TPSA) is 168 Å². The van der Waals surface area contributed by atoms with Crippen LogP contribution in [0.2, 0.25) is 0 Å². The summed E-state index contributed by atoms with van der Waals surface area (Å²) in [5.41, 5.74) is 11.3. The molecule has 1 aliphatic heterocycles. The van der Waals surface area contributed by atoms with Crippen molar-refractivity contribution in [1.82, 2.24) is 4.98 Å². The first-order chi connectivity index (χ1) is 44.0. The van der Waals surface area contributed by atoms with Crippen LogP contribution in [0, 0.1) is 0 Å². The van der Waals surface area contributed by atoms with Crippen LogP contribution in [0.5, 0.6) is 0 Å². The molecule has 19 heteroatoms. The van der Waals surface area contributed by atoms with Gasteiger partial charge in [-0.15, -0.1) is 0 Å². The summed E-state index contributed by atoms with van der Waals surface area (Å²) in [6.07, 6.45) is 46.1. The van der Waals surface area contributed by atoms with Gasteiger partial charge in [0, 0.05) is 126 Å². The second-order valence-corrected chi connectivity index (χ2v) is 30.4. The molecule has 494 valence electrons. The number of benzene rings is 2. The maximum Gasteiger partial charge on any atom is 0.325 e. The van der Waals surface area contributed by atoms with Crippen molar-refractivity contribution >= 4 is 38.2 Å². The summed E-state index contributed by atoms with van der Waals surface area (Å²) in [6, 6.07) is 43.8. The summed E-state index contributed by atoms with van der Waals surface area (Å²) in [7, 11) is -6.60. The van der Waals surface area contributed by atoms with Gasteiger partial charge in [-0.1, -0.05) is 132 Å². The zero-order valence-electron chi connectivity index (χ0n) is 54.6. The van der Waals surface area contributed by atoms with Gasteiger partial charge < -0.3 is 58.1 Å². The van der Waals surface area contributed by atoms with E-state index in [0.29, 0.717) is 19.4 Å². The van der Waals surface area contributed by atoms with Gasteiger partial charge in [0.2, 0.25) is 0 Å². The van der Waals surface area contributed by atoms with Crippen LogP contribution in [-0.4, -0.2) is 36.9 Å². The van der Waals surface area contributed by atoms with Crippen LogP contribution >= 0.6 is 22.3 Å². The molecule has 0 spiro atoms. The number of rotatable bonds is 30. The minimum absolute atomic E-state index is 0. The molecule has 0 fully saturated rings. The fourth-order valence-electron chi connectivity index (χ4n) is 11.5. The Kier molecular flexibility index (Phi) is 31.5. The minimum Gasteiger partial charge on any atom is -1.00 e. The SMILES string of the molecule is CCCCCCCCC[n+]1ccc(-c2ccc(-c3cc[n+](CCCCCCCCP(=O)(O)O)cc3)cn2)cc1.CCCCC[n+]1ccc(-c2ccc(-c3cc[n+](CCCP(=O)(O)O)cc3)cc2)cc1.C[n+]1ccc2c(c1)P(=O)(c1ccccc1)c1c[n+](C)ccc1-2.[Br-].[Br-]. The molecular weight excluding hydrogens is 1350 g/mol. The number of hydrogen-bond donors (Lipinski definition) is 4. The van der Waals surface area contributed by atoms with Crippen molar-refractivity contribution in [3.05, 3.63) is 208 Å². The van der Waals surface area contributed by atoms with E-state index in [1.165, 1.54) is 75.3 Å². The molecule has 0 saturated heterocycles. The molecule has 0 amide bonds. The molecule has 7 aromatic heterocycles. The molecule has 93 heavy (non-hydrogen) atoms. The van der Waals surface area contributed by atoms with Gasteiger partial charge >= 0.3 is 15.2 Å². The zero-order valence-corrected chi connectivity index (χ0v) is 60.5. The summed E-state index contributed by atoms with van der Waals surface area (Å²) >= 11 is 0. The monoisotopic (exact) mass is 1450 g/mol. The van der Waals surface area contributed by atoms with Crippen molar-refractivity contribution in [2.45, 2.75) is 149 Å². The van der Waals surface area contributed by atoms with Crippen LogP contribution in [-0.2, 0) is 54.0 Å². The Morgan fingerprint density at radius 2 is 0.710 bits per heavy atom. The number of unbranched alkanes of at least 4 members (excludes halogenated alkanes) is 13. The lowest BCUT2D eigenvalue weighted by molar-refractivity contribution is -0.697. The average Bonchev–Trinajstić information content (AvgIpc) is 1.57. The van der Waals surface area contributed by atoms with E-state index in [2.05, 4.69) is 150 Å². The third-order valence-corrected chi connectivity index (χ3v) is 21.7. The van der Waals surface area contributed by atoms with E-state index < -0.39 is 22.3 Å². The maximum atomic E-state index is 14.1. The first kappa shape index (κ1) is 76.0. The van der Waals surface area contributed by atoms with Crippen molar-refractivity contribution < 1.29 is 94.6 Å². The molecule has 9 aromatic rings. The number of fused-ring (bicyclic) bond motifs is 3. The lowest BCUT2D eigenvalue weighted by Gasteiger charge is -2.13. The smallest absolute Gasteiger partial charge is 0.325 e. The molecule has 0 aliphatic carbocycles. The fourth-order valence-corrected chi connectivity index (χ4v) is 15.9. The Bertz CT molecular complexity index is 3770. The third kappa shape index (κ3) is 24.0. The van der Waals surface area contributed by atoms with E-state index in [0.717, 1.165) is 112 Å². The second kappa shape index (κ2) is 38.5. The quantitative estimate of drug-likeness (QED) is 0.0223. The van der Waals surface area contributed by atoms with Crippen LogP contribution in [0.1, 0.15) is 123 Å². The van der Waals surface area contributed by atoms with E-state index in [1.54, 1.807) is 0 Å². The van der Waals surface area contributed by atoms with E-state index >= 15 is 0 Å². The maximum absolute atomic E-state index is 14.1. The average molecular weight is 1450 g/mol. The molecule has 14 nitrogen and oxygen atoms in total. The Balaban J connectivity index is 0.000000227. The van der Waals surface area contributed by atoms with Gasteiger partial charge in [-0.2, -0.15) is 0 Å². The van der Waals surface area contributed by atoms with Gasteiger partial charge in [-0.3, -0.25) is 14.1 Å². The number of aryl methyl sites for hydroxylation is 6. The summed E-state index contributed by atoms with van der Waals surface area (Å²) in [6.45, 7) is 8.21. The molecule has 1 aliphatic rings. The van der Waals surface area contributed by atoms with Gasteiger partial charge in [0.1, 0.15) is 40.3 Å². The van der Waals surface area contributed by atoms with Gasteiger partial charge in [0.25, 0.3) is 0 Å². The van der Waals surface area contributed by atoms with Crippen molar-refractivity contribution in [3.63, 3.8) is 0 Å². The van der Waals surface area contributed by atoms with E-state index in [9.17, 15) is 13.7 Å². The van der Waals surface area contributed by atoms with Gasteiger partial charge in [0.15, 0.2) is 81.5 Å². The van der Waals surface area contributed by atoms with Crippen LogP contribution < -0.4 is 77.3 Å². The Morgan fingerprint density at radius 1 is 0.376 bits per heavy atom. The van der Waals surface area contributed by atoms with Crippen molar-refractivity contribution in [1.29, 1.82) is 0 Å². The normalized spacial score (nSPS) is 12.0. The molecule has 0 atom stereocenters. The van der Waals surface area contributed by atoms with Crippen molar-refractivity contribution in [3.8, 4) is 55.8 Å². The van der Waals surface area contributed by atoms with Crippen molar-refractivity contribution in [2.75, 3.05) is 12.3 Å². The molecule has 2 aromatic carbocycles. The molecule has 0 radical (unpaired) electrons. The number of nitrogens with zero attached hydrogens (tertiary/aromatic N) is 7. The predicted octanol–water partition coefficient (Wildman–Crippen LogP) is 6.58. The predicted molar refractivity (Wildman–Crippen MR) is 364 cm³/mol. The number of halogens is 2.